The van der Waals surface area contributed by atoms with Crippen LogP contribution in [0.4, 0.5) is 4.79 Å². The Hall–Kier alpha value is -2.58. The molecule has 0 fully saturated rings. The van der Waals surface area contributed by atoms with E-state index in [0.29, 0.717) is 12.1 Å². The maximum absolute atomic E-state index is 12.2. The molecule has 7 nitrogen and oxygen atoms in total. The Bertz CT molecular complexity index is 912. The monoisotopic (exact) mass is 419 g/mol. The van der Waals surface area contributed by atoms with Crippen LogP contribution in [-0.2, 0) is 22.3 Å². The molecule has 2 amide bonds. The molecule has 2 rings (SSSR count). The minimum Gasteiger partial charge on any atom is -0.496 e. The van der Waals surface area contributed by atoms with Crippen LogP contribution in [0.15, 0.2) is 48.5 Å². The molecule has 0 radical (unpaired) electrons. The van der Waals surface area contributed by atoms with Gasteiger partial charge in [0.05, 0.1) is 18.9 Å². The molecule has 0 aliphatic heterocycles. The number of hydrogen-bond acceptors (Lipinski definition) is 4. The fraction of sp³-hybridized carbons (Fsp3) is 0.381. The Morgan fingerprint density at radius 2 is 1.62 bits per heavy atom. The minimum atomic E-state index is -3.36. The van der Waals surface area contributed by atoms with Crippen LogP contribution < -0.4 is 20.1 Å². The third-order valence-electron chi connectivity index (χ3n) is 4.20. The fourth-order valence-corrected chi connectivity index (χ4v) is 4.34. The summed E-state index contributed by atoms with van der Waals surface area (Å²) in [6.45, 7) is 5.79. The number of urea groups is 1. The molecule has 0 saturated heterocycles. The summed E-state index contributed by atoms with van der Waals surface area (Å²) in [7, 11) is -1.76. The highest BCUT2D eigenvalue weighted by atomic mass is 32.2. The van der Waals surface area contributed by atoms with Crippen molar-refractivity contribution in [3.05, 3.63) is 65.2 Å². The van der Waals surface area contributed by atoms with Gasteiger partial charge in [-0.25, -0.2) is 17.9 Å². The number of methoxy groups -OCH3 is 1. The Kier molecular flexibility index (Phi) is 8.04. The van der Waals surface area contributed by atoms with Gasteiger partial charge in [-0.05, 0) is 38.0 Å². The van der Waals surface area contributed by atoms with E-state index in [1.807, 2.05) is 43.3 Å². The summed E-state index contributed by atoms with van der Waals surface area (Å²) in [5.74, 6) is 0.647. The number of carbonyl (C=O) groups is 1. The van der Waals surface area contributed by atoms with Crippen molar-refractivity contribution >= 4 is 16.1 Å². The van der Waals surface area contributed by atoms with E-state index in [9.17, 15) is 13.2 Å². The smallest absolute Gasteiger partial charge is 0.315 e. The number of nitrogens with one attached hydrogen (secondary N) is 3. The number of amides is 2. The number of benzene rings is 2. The van der Waals surface area contributed by atoms with E-state index in [0.717, 1.165) is 16.9 Å². The molecule has 0 aliphatic carbocycles. The van der Waals surface area contributed by atoms with Gasteiger partial charge in [0.15, 0.2) is 0 Å². The average Bonchev–Trinajstić information content (AvgIpc) is 2.66. The molecule has 8 heteroatoms. The van der Waals surface area contributed by atoms with Crippen molar-refractivity contribution in [2.45, 2.75) is 45.2 Å². The maximum Gasteiger partial charge on any atom is 0.315 e. The van der Waals surface area contributed by atoms with Gasteiger partial charge in [-0.1, -0.05) is 42.5 Å². The van der Waals surface area contributed by atoms with Gasteiger partial charge in [0.2, 0.25) is 10.0 Å². The highest BCUT2D eigenvalue weighted by molar-refractivity contribution is 7.88. The summed E-state index contributed by atoms with van der Waals surface area (Å²) in [6, 6.07) is 14.0. The summed E-state index contributed by atoms with van der Waals surface area (Å²) in [4.78, 5) is 12.2. The van der Waals surface area contributed by atoms with Gasteiger partial charge >= 0.3 is 6.03 Å². The van der Waals surface area contributed by atoms with Gasteiger partial charge in [-0.15, -0.1) is 0 Å². The number of sulfonamides is 1. The lowest BCUT2D eigenvalue weighted by atomic mass is 10.1. The summed E-state index contributed by atoms with van der Waals surface area (Å²) in [5, 5.41) is 5.69. The first kappa shape index (κ1) is 22.7. The molecule has 0 aliphatic rings. The van der Waals surface area contributed by atoms with E-state index < -0.39 is 10.0 Å². The van der Waals surface area contributed by atoms with Gasteiger partial charge in [-0.3, -0.25) is 0 Å². The van der Waals surface area contributed by atoms with Gasteiger partial charge < -0.3 is 15.4 Å². The minimum absolute atomic E-state index is 0.0736. The molecule has 29 heavy (non-hydrogen) atoms. The topological polar surface area (TPSA) is 96.5 Å². The Morgan fingerprint density at radius 1 is 1.00 bits per heavy atom. The second-order valence-corrected chi connectivity index (χ2v) is 8.89. The van der Waals surface area contributed by atoms with Gasteiger partial charge in [0, 0.05) is 18.2 Å². The van der Waals surface area contributed by atoms with Crippen LogP contribution in [0.3, 0.4) is 0 Å². The zero-order chi connectivity index (χ0) is 21.4. The zero-order valence-electron chi connectivity index (χ0n) is 17.2. The molecule has 2 aromatic carbocycles. The number of rotatable bonds is 9. The molecule has 0 saturated carbocycles. The highest BCUT2D eigenvalue weighted by Gasteiger charge is 2.14. The molecule has 0 aromatic heterocycles. The van der Waals surface area contributed by atoms with Crippen molar-refractivity contribution in [1.29, 1.82) is 0 Å². The fourth-order valence-electron chi connectivity index (χ4n) is 2.91. The highest BCUT2D eigenvalue weighted by Crippen LogP contribution is 2.24. The Morgan fingerprint density at radius 3 is 2.24 bits per heavy atom. The normalized spacial score (nSPS) is 12.4. The largest absolute Gasteiger partial charge is 0.496 e. The van der Waals surface area contributed by atoms with Gasteiger partial charge in [-0.2, -0.15) is 0 Å². The van der Waals surface area contributed by atoms with Crippen molar-refractivity contribution in [3.8, 4) is 5.75 Å². The van der Waals surface area contributed by atoms with Crippen LogP contribution >= 0.6 is 0 Å². The van der Waals surface area contributed by atoms with Crippen LogP contribution in [0.2, 0.25) is 0 Å². The first-order chi connectivity index (χ1) is 13.7. The number of para-hydroxylation sites is 1. The molecule has 0 heterocycles. The van der Waals surface area contributed by atoms with Crippen LogP contribution in [-0.4, -0.2) is 27.6 Å². The van der Waals surface area contributed by atoms with E-state index in [4.69, 9.17) is 4.74 Å². The van der Waals surface area contributed by atoms with E-state index in [2.05, 4.69) is 15.4 Å². The summed E-state index contributed by atoms with van der Waals surface area (Å²) in [6.07, 6.45) is 0. The maximum atomic E-state index is 12.2. The van der Waals surface area contributed by atoms with Gasteiger partial charge in [0.1, 0.15) is 5.75 Å². The van der Waals surface area contributed by atoms with Crippen LogP contribution in [0.25, 0.3) is 0 Å². The van der Waals surface area contributed by atoms with Crippen molar-refractivity contribution in [2.24, 2.45) is 0 Å². The van der Waals surface area contributed by atoms with Crippen molar-refractivity contribution < 1.29 is 17.9 Å². The van der Waals surface area contributed by atoms with E-state index in [1.54, 1.807) is 33.1 Å². The summed E-state index contributed by atoms with van der Waals surface area (Å²) < 4.78 is 31.9. The predicted octanol–water partition coefficient (Wildman–Crippen LogP) is 3.08. The van der Waals surface area contributed by atoms with E-state index in [1.165, 1.54) is 0 Å². The lowest BCUT2D eigenvalue weighted by Crippen LogP contribution is -2.36. The van der Waals surface area contributed by atoms with Crippen LogP contribution in [0.5, 0.6) is 5.75 Å². The van der Waals surface area contributed by atoms with Crippen LogP contribution in [0.1, 0.15) is 43.5 Å². The molecule has 0 unspecified atom stereocenters. The average molecular weight is 420 g/mol. The number of ether oxygens (including phenoxy) is 1. The quantitative estimate of drug-likeness (QED) is 0.582. The lowest BCUT2D eigenvalue weighted by molar-refractivity contribution is 0.237. The van der Waals surface area contributed by atoms with Crippen molar-refractivity contribution in [2.75, 3.05) is 7.11 Å². The van der Waals surface area contributed by atoms with E-state index in [-0.39, 0.29) is 23.9 Å². The molecule has 1 atom stereocenters. The SMILES string of the molecule is COc1ccccc1[C@@H](C)NC(=O)NCc1ccc(CS(=O)(=O)NC(C)C)cc1. The first-order valence-corrected chi connectivity index (χ1v) is 11.1. The molecular weight excluding hydrogens is 390 g/mol. The summed E-state index contributed by atoms with van der Waals surface area (Å²) in [5.41, 5.74) is 2.46. The van der Waals surface area contributed by atoms with E-state index >= 15 is 0 Å². The lowest BCUT2D eigenvalue weighted by Gasteiger charge is -2.17. The Balaban J connectivity index is 1.87. The third-order valence-corrected chi connectivity index (χ3v) is 5.74. The molecular formula is C21H29N3O4S. The van der Waals surface area contributed by atoms with Gasteiger partial charge in [0.25, 0.3) is 0 Å². The first-order valence-electron chi connectivity index (χ1n) is 9.45. The number of carbonyl (C=O) groups excluding carboxylic acids is 1. The molecule has 0 spiro atoms. The second kappa shape index (κ2) is 10.3. The molecule has 158 valence electrons. The Labute approximate surface area is 172 Å². The third kappa shape index (κ3) is 7.40. The molecule has 2 aromatic rings. The zero-order valence-corrected chi connectivity index (χ0v) is 18.0. The van der Waals surface area contributed by atoms with Crippen LogP contribution in [0, 0.1) is 0 Å². The van der Waals surface area contributed by atoms with Crippen molar-refractivity contribution in [3.63, 3.8) is 0 Å². The molecule has 3 N–H and O–H groups in total. The number of hydrogen-bond donors (Lipinski definition) is 3. The second-order valence-electron chi connectivity index (χ2n) is 7.14. The summed E-state index contributed by atoms with van der Waals surface area (Å²) >= 11 is 0. The predicted molar refractivity (Wildman–Crippen MR) is 114 cm³/mol. The molecule has 0 bridgehead atoms. The standard InChI is InChI=1S/C21H29N3O4S/c1-15(2)24-29(26,27)14-18-11-9-17(10-12-18)13-22-21(25)23-16(3)19-7-5-6-8-20(19)28-4/h5-12,15-16,24H,13-14H2,1-4H3,(H2,22,23,25)/t16-/m1/s1. The van der Waals surface area contributed by atoms with Crippen molar-refractivity contribution in [1.82, 2.24) is 15.4 Å².